The summed E-state index contributed by atoms with van der Waals surface area (Å²) < 4.78 is 23.6. The highest BCUT2D eigenvalue weighted by Crippen LogP contribution is 2.33. The predicted octanol–water partition coefficient (Wildman–Crippen LogP) is 2.87. The SMILES string of the molecule is CC(=O)N1CCc2ccccc2C1CC(=O)Nc1cc(S(C)(=O)=O)ccc1C. The number of nitrogens with one attached hydrogen (secondary N) is 1. The van der Waals surface area contributed by atoms with Gasteiger partial charge in [0.15, 0.2) is 9.84 Å². The molecule has 1 heterocycles. The minimum absolute atomic E-state index is 0.0671. The molecule has 0 saturated heterocycles. The molecule has 1 unspecified atom stereocenters. The van der Waals surface area contributed by atoms with Crippen LogP contribution in [0.1, 0.15) is 36.1 Å². The molecule has 6 nitrogen and oxygen atoms in total. The van der Waals surface area contributed by atoms with Crippen LogP contribution in [0.3, 0.4) is 0 Å². The van der Waals surface area contributed by atoms with Crippen molar-refractivity contribution in [2.45, 2.75) is 37.6 Å². The summed E-state index contributed by atoms with van der Waals surface area (Å²) in [6.07, 6.45) is 2.01. The average molecular weight is 401 g/mol. The number of fused-ring (bicyclic) bond motifs is 1. The van der Waals surface area contributed by atoms with Crippen LogP contribution in [0, 0.1) is 6.92 Å². The van der Waals surface area contributed by atoms with Gasteiger partial charge in [-0.3, -0.25) is 9.59 Å². The van der Waals surface area contributed by atoms with E-state index < -0.39 is 9.84 Å². The van der Waals surface area contributed by atoms with E-state index in [-0.39, 0.29) is 29.2 Å². The molecule has 2 aromatic rings. The van der Waals surface area contributed by atoms with Crippen molar-refractivity contribution in [3.63, 3.8) is 0 Å². The minimum Gasteiger partial charge on any atom is -0.335 e. The van der Waals surface area contributed by atoms with E-state index in [0.717, 1.165) is 29.4 Å². The van der Waals surface area contributed by atoms with Gasteiger partial charge >= 0.3 is 0 Å². The predicted molar refractivity (Wildman–Crippen MR) is 108 cm³/mol. The van der Waals surface area contributed by atoms with E-state index in [4.69, 9.17) is 0 Å². The maximum Gasteiger partial charge on any atom is 0.226 e. The summed E-state index contributed by atoms with van der Waals surface area (Å²) in [6.45, 7) is 3.89. The highest BCUT2D eigenvalue weighted by Gasteiger charge is 2.30. The number of carbonyl (C=O) groups is 2. The summed E-state index contributed by atoms with van der Waals surface area (Å²) in [5.41, 5.74) is 3.37. The summed E-state index contributed by atoms with van der Waals surface area (Å²) >= 11 is 0. The summed E-state index contributed by atoms with van der Waals surface area (Å²) in [7, 11) is -3.37. The van der Waals surface area contributed by atoms with Crippen molar-refractivity contribution in [1.29, 1.82) is 0 Å². The standard InChI is InChI=1S/C21H24N2O4S/c1-14-8-9-17(28(3,26)27)12-19(14)22-21(25)13-20-18-7-5-4-6-16(18)10-11-23(20)15(2)24/h4-9,12,20H,10-11,13H2,1-3H3,(H,22,25). The molecule has 0 fully saturated rings. The van der Waals surface area contributed by atoms with Gasteiger partial charge in [-0.15, -0.1) is 0 Å². The third kappa shape index (κ3) is 4.25. The van der Waals surface area contributed by atoms with E-state index in [1.165, 1.54) is 19.1 Å². The zero-order valence-electron chi connectivity index (χ0n) is 16.2. The van der Waals surface area contributed by atoms with Gasteiger partial charge in [-0.1, -0.05) is 30.3 Å². The Labute approximate surface area is 165 Å². The van der Waals surface area contributed by atoms with Crippen LogP contribution >= 0.6 is 0 Å². The lowest BCUT2D eigenvalue weighted by Crippen LogP contribution is -2.40. The first-order valence-electron chi connectivity index (χ1n) is 9.12. The lowest BCUT2D eigenvalue weighted by atomic mass is 9.90. The number of hydrogen-bond donors (Lipinski definition) is 1. The Hall–Kier alpha value is -2.67. The van der Waals surface area contributed by atoms with Gasteiger partial charge in [-0.25, -0.2) is 8.42 Å². The Morgan fingerprint density at radius 2 is 1.89 bits per heavy atom. The number of carbonyl (C=O) groups excluding carboxylic acids is 2. The normalized spacial score (nSPS) is 16.4. The summed E-state index contributed by atoms with van der Waals surface area (Å²) in [5, 5.41) is 2.82. The Balaban J connectivity index is 1.85. The zero-order valence-corrected chi connectivity index (χ0v) is 17.0. The molecule has 2 aromatic carbocycles. The Kier molecular flexibility index (Phi) is 5.56. The highest BCUT2D eigenvalue weighted by molar-refractivity contribution is 7.90. The summed E-state index contributed by atoms with van der Waals surface area (Å²) in [5.74, 6) is -0.329. The Bertz CT molecular complexity index is 1030. The molecule has 0 bridgehead atoms. The molecule has 0 spiro atoms. The second kappa shape index (κ2) is 7.75. The number of anilines is 1. The molecular formula is C21H24N2O4S. The first-order chi connectivity index (χ1) is 13.2. The molecule has 1 aliphatic rings. The molecule has 0 aromatic heterocycles. The quantitative estimate of drug-likeness (QED) is 0.855. The van der Waals surface area contributed by atoms with Crippen molar-refractivity contribution in [1.82, 2.24) is 4.90 Å². The number of nitrogens with zero attached hydrogens (tertiary/aromatic N) is 1. The second-order valence-corrected chi connectivity index (χ2v) is 9.19. The first kappa shape index (κ1) is 20.1. The van der Waals surface area contributed by atoms with Crippen LogP contribution in [0.15, 0.2) is 47.4 Å². The monoisotopic (exact) mass is 400 g/mol. The molecule has 1 atom stereocenters. The summed E-state index contributed by atoms with van der Waals surface area (Å²) in [4.78, 5) is 26.7. The molecule has 0 aliphatic carbocycles. The molecule has 0 saturated carbocycles. The van der Waals surface area contributed by atoms with E-state index in [2.05, 4.69) is 5.32 Å². The van der Waals surface area contributed by atoms with Crippen molar-refractivity contribution >= 4 is 27.3 Å². The topological polar surface area (TPSA) is 83.6 Å². The average Bonchev–Trinajstić information content (AvgIpc) is 2.62. The molecule has 148 valence electrons. The molecule has 1 N–H and O–H groups in total. The van der Waals surface area contributed by atoms with Gasteiger partial charge in [0.1, 0.15) is 0 Å². The van der Waals surface area contributed by atoms with Crippen molar-refractivity contribution in [3.8, 4) is 0 Å². The van der Waals surface area contributed by atoms with E-state index in [1.54, 1.807) is 17.9 Å². The first-order valence-corrected chi connectivity index (χ1v) is 11.0. The van der Waals surface area contributed by atoms with Gasteiger partial charge in [-0.05, 0) is 42.2 Å². The molecule has 1 aliphatic heterocycles. The van der Waals surface area contributed by atoms with Gasteiger partial charge in [0.25, 0.3) is 0 Å². The van der Waals surface area contributed by atoms with E-state index in [1.807, 2.05) is 24.3 Å². The van der Waals surface area contributed by atoms with Gasteiger partial charge in [-0.2, -0.15) is 0 Å². The van der Waals surface area contributed by atoms with E-state index >= 15 is 0 Å². The lowest BCUT2D eigenvalue weighted by Gasteiger charge is -2.36. The minimum atomic E-state index is -3.37. The third-order valence-electron chi connectivity index (χ3n) is 5.11. The number of rotatable bonds is 4. The van der Waals surface area contributed by atoms with Crippen LogP contribution in [0.25, 0.3) is 0 Å². The number of sulfone groups is 1. The van der Waals surface area contributed by atoms with Crippen molar-refractivity contribution in [2.75, 3.05) is 18.1 Å². The van der Waals surface area contributed by atoms with Crippen molar-refractivity contribution < 1.29 is 18.0 Å². The number of amides is 2. The van der Waals surface area contributed by atoms with Crippen molar-refractivity contribution in [2.24, 2.45) is 0 Å². The molecule has 0 radical (unpaired) electrons. The van der Waals surface area contributed by atoms with Gasteiger partial charge < -0.3 is 10.2 Å². The lowest BCUT2D eigenvalue weighted by molar-refractivity contribution is -0.132. The Morgan fingerprint density at radius 1 is 1.18 bits per heavy atom. The Morgan fingerprint density at radius 3 is 2.57 bits per heavy atom. The zero-order chi connectivity index (χ0) is 20.5. The van der Waals surface area contributed by atoms with Crippen LogP contribution in [0.5, 0.6) is 0 Å². The fourth-order valence-corrected chi connectivity index (χ4v) is 4.24. The molecule has 7 heteroatoms. The van der Waals surface area contributed by atoms with Crippen LogP contribution < -0.4 is 5.32 Å². The number of benzene rings is 2. The second-order valence-electron chi connectivity index (χ2n) is 7.18. The van der Waals surface area contributed by atoms with Gasteiger partial charge in [0.2, 0.25) is 11.8 Å². The van der Waals surface area contributed by atoms with E-state index in [9.17, 15) is 18.0 Å². The van der Waals surface area contributed by atoms with Crippen molar-refractivity contribution in [3.05, 3.63) is 59.2 Å². The maximum absolute atomic E-state index is 12.8. The fraction of sp³-hybridized carbons (Fsp3) is 0.333. The van der Waals surface area contributed by atoms with Crippen LogP contribution in [0.2, 0.25) is 0 Å². The van der Waals surface area contributed by atoms with Crippen LogP contribution in [0.4, 0.5) is 5.69 Å². The molecule has 3 rings (SSSR count). The van der Waals surface area contributed by atoms with Crippen LogP contribution in [-0.4, -0.2) is 37.9 Å². The fourth-order valence-electron chi connectivity index (χ4n) is 3.59. The van der Waals surface area contributed by atoms with Gasteiger partial charge in [0, 0.05) is 25.4 Å². The maximum atomic E-state index is 12.8. The van der Waals surface area contributed by atoms with E-state index in [0.29, 0.717) is 12.2 Å². The number of hydrogen-bond acceptors (Lipinski definition) is 4. The molecular weight excluding hydrogens is 376 g/mol. The highest BCUT2D eigenvalue weighted by atomic mass is 32.2. The van der Waals surface area contributed by atoms with Crippen LogP contribution in [-0.2, 0) is 25.8 Å². The van der Waals surface area contributed by atoms with Gasteiger partial charge in [0.05, 0.1) is 17.4 Å². The summed E-state index contributed by atoms with van der Waals surface area (Å²) in [6, 6.07) is 12.2. The smallest absolute Gasteiger partial charge is 0.226 e. The largest absolute Gasteiger partial charge is 0.335 e. The number of aryl methyl sites for hydroxylation is 1. The molecule has 2 amide bonds. The molecule has 28 heavy (non-hydrogen) atoms. The third-order valence-corrected chi connectivity index (χ3v) is 6.22.